The minimum Gasteiger partial charge on any atom is -0.356 e. The molecule has 1 fully saturated rings. The van der Waals surface area contributed by atoms with Crippen molar-refractivity contribution in [1.82, 2.24) is 4.98 Å². The van der Waals surface area contributed by atoms with Crippen molar-refractivity contribution >= 4 is 11.9 Å². The van der Waals surface area contributed by atoms with Crippen LogP contribution in [0.25, 0.3) is 6.08 Å². The number of nitrogens with zero attached hydrogens (tertiary/aromatic N) is 2. The molecule has 0 aromatic carbocycles. The summed E-state index contributed by atoms with van der Waals surface area (Å²) in [7, 11) is 0. The second-order valence-corrected chi connectivity index (χ2v) is 3.81. The van der Waals surface area contributed by atoms with Gasteiger partial charge < -0.3 is 4.90 Å². The SMILES string of the molecule is C=Cc1cnc(N2CCCC2)c(C)c1. The minimum atomic E-state index is 1.10. The van der Waals surface area contributed by atoms with Gasteiger partial charge in [-0.05, 0) is 37.0 Å². The molecule has 2 nitrogen and oxygen atoms in total. The number of hydrogen-bond donors (Lipinski definition) is 0. The van der Waals surface area contributed by atoms with Crippen molar-refractivity contribution in [3.63, 3.8) is 0 Å². The molecule has 0 N–H and O–H groups in total. The Labute approximate surface area is 85.3 Å². The van der Waals surface area contributed by atoms with Gasteiger partial charge in [0.15, 0.2) is 0 Å². The van der Waals surface area contributed by atoms with Gasteiger partial charge in [0.2, 0.25) is 0 Å². The van der Waals surface area contributed by atoms with Crippen LogP contribution in [0.3, 0.4) is 0 Å². The summed E-state index contributed by atoms with van der Waals surface area (Å²) in [5.41, 5.74) is 2.36. The molecule has 14 heavy (non-hydrogen) atoms. The van der Waals surface area contributed by atoms with Gasteiger partial charge in [-0.15, -0.1) is 0 Å². The van der Waals surface area contributed by atoms with Gasteiger partial charge in [0.05, 0.1) is 0 Å². The van der Waals surface area contributed by atoms with Crippen LogP contribution >= 0.6 is 0 Å². The molecule has 0 unspecified atom stereocenters. The largest absolute Gasteiger partial charge is 0.356 e. The lowest BCUT2D eigenvalue weighted by Gasteiger charge is -2.18. The fourth-order valence-electron chi connectivity index (χ4n) is 1.96. The zero-order valence-electron chi connectivity index (χ0n) is 8.66. The van der Waals surface area contributed by atoms with Crippen LogP contribution in [0.2, 0.25) is 0 Å². The molecule has 0 atom stereocenters. The topological polar surface area (TPSA) is 16.1 Å². The Bertz CT molecular complexity index is 338. The monoisotopic (exact) mass is 188 g/mol. The molecule has 0 spiro atoms. The van der Waals surface area contributed by atoms with E-state index in [1.54, 1.807) is 0 Å². The Morgan fingerprint density at radius 3 is 2.71 bits per heavy atom. The predicted molar refractivity (Wildman–Crippen MR) is 60.5 cm³/mol. The van der Waals surface area contributed by atoms with E-state index >= 15 is 0 Å². The molecule has 1 aliphatic heterocycles. The zero-order chi connectivity index (χ0) is 9.97. The molecule has 2 heterocycles. The lowest BCUT2D eigenvalue weighted by Crippen LogP contribution is -2.20. The van der Waals surface area contributed by atoms with Crippen LogP contribution in [-0.2, 0) is 0 Å². The molecular formula is C12H16N2. The third-order valence-electron chi connectivity index (χ3n) is 2.71. The van der Waals surface area contributed by atoms with Gasteiger partial charge in [-0.25, -0.2) is 4.98 Å². The van der Waals surface area contributed by atoms with Crippen molar-refractivity contribution in [3.8, 4) is 0 Å². The average molecular weight is 188 g/mol. The first-order chi connectivity index (χ1) is 6.81. The van der Waals surface area contributed by atoms with Crippen LogP contribution in [0.5, 0.6) is 0 Å². The van der Waals surface area contributed by atoms with Crippen LogP contribution in [0, 0.1) is 6.92 Å². The van der Waals surface area contributed by atoms with E-state index in [0.29, 0.717) is 0 Å². The molecule has 2 heteroatoms. The molecule has 1 aromatic rings. The third kappa shape index (κ3) is 1.65. The number of hydrogen-bond acceptors (Lipinski definition) is 2. The van der Waals surface area contributed by atoms with E-state index in [-0.39, 0.29) is 0 Å². The molecule has 74 valence electrons. The fraction of sp³-hybridized carbons (Fsp3) is 0.417. The summed E-state index contributed by atoms with van der Waals surface area (Å²) >= 11 is 0. The summed E-state index contributed by atoms with van der Waals surface area (Å²) in [6.07, 6.45) is 6.33. The first-order valence-electron chi connectivity index (χ1n) is 5.15. The highest BCUT2D eigenvalue weighted by Crippen LogP contribution is 2.22. The highest BCUT2D eigenvalue weighted by Gasteiger charge is 2.15. The minimum absolute atomic E-state index is 1.10. The van der Waals surface area contributed by atoms with Gasteiger partial charge in [0, 0.05) is 19.3 Å². The Morgan fingerprint density at radius 1 is 1.43 bits per heavy atom. The van der Waals surface area contributed by atoms with Crippen LogP contribution in [0.15, 0.2) is 18.8 Å². The predicted octanol–water partition coefficient (Wildman–Crippen LogP) is 2.63. The van der Waals surface area contributed by atoms with E-state index in [1.165, 1.54) is 18.4 Å². The van der Waals surface area contributed by atoms with E-state index in [9.17, 15) is 0 Å². The average Bonchev–Trinajstić information content (AvgIpc) is 2.70. The van der Waals surface area contributed by atoms with E-state index in [4.69, 9.17) is 0 Å². The highest BCUT2D eigenvalue weighted by molar-refractivity contribution is 5.54. The Hall–Kier alpha value is -1.31. The van der Waals surface area contributed by atoms with Crippen LogP contribution in [0.4, 0.5) is 5.82 Å². The number of rotatable bonds is 2. The molecule has 0 saturated carbocycles. The first-order valence-corrected chi connectivity index (χ1v) is 5.15. The molecule has 0 amide bonds. The maximum absolute atomic E-state index is 4.49. The van der Waals surface area contributed by atoms with Crippen molar-refractivity contribution in [2.24, 2.45) is 0 Å². The zero-order valence-corrected chi connectivity index (χ0v) is 8.66. The first kappa shape index (κ1) is 9.25. The molecular weight excluding hydrogens is 172 g/mol. The van der Waals surface area contributed by atoms with Crippen molar-refractivity contribution < 1.29 is 0 Å². The van der Waals surface area contributed by atoms with Gasteiger partial charge in [-0.3, -0.25) is 0 Å². The van der Waals surface area contributed by atoms with Gasteiger partial charge >= 0.3 is 0 Å². The second-order valence-electron chi connectivity index (χ2n) is 3.81. The molecule has 2 rings (SSSR count). The maximum atomic E-state index is 4.49. The molecule has 1 aliphatic rings. The lowest BCUT2D eigenvalue weighted by molar-refractivity contribution is 0.927. The molecule has 1 aromatic heterocycles. The third-order valence-corrected chi connectivity index (χ3v) is 2.71. The smallest absolute Gasteiger partial charge is 0.131 e. The second kappa shape index (κ2) is 3.82. The van der Waals surface area contributed by atoms with Crippen molar-refractivity contribution in [3.05, 3.63) is 30.0 Å². The van der Waals surface area contributed by atoms with Gasteiger partial charge in [0.25, 0.3) is 0 Å². The van der Waals surface area contributed by atoms with Crippen LogP contribution in [0.1, 0.15) is 24.0 Å². The van der Waals surface area contributed by atoms with E-state index < -0.39 is 0 Å². The molecule has 0 bridgehead atoms. The fourth-order valence-corrected chi connectivity index (χ4v) is 1.96. The summed E-state index contributed by atoms with van der Waals surface area (Å²) in [4.78, 5) is 6.85. The van der Waals surface area contributed by atoms with Crippen molar-refractivity contribution in [2.45, 2.75) is 19.8 Å². The molecule has 0 radical (unpaired) electrons. The summed E-state index contributed by atoms with van der Waals surface area (Å²) in [5, 5.41) is 0. The summed E-state index contributed by atoms with van der Waals surface area (Å²) in [6.45, 7) is 8.17. The van der Waals surface area contributed by atoms with Crippen molar-refractivity contribution in [1.29, 1.82) is 0 Å². The number of aromatic nitrogens is 1. The lowest BCUT2D eigenvalue weighted by atomic mass is 10.2. The van der Waals surface area contributed by atoms with Gasteiger partial charge in [-0.1, -0.05) is 12.7 Å². The van der Waals surface area contributed by atoms with Crippen LogP contribution in [-0.4, -0.2) is 18.1 Å². The Kier molecular flexibility index (Phi) is 2.53. The number of anilines is 1. The van der Waals surface area contributed by atoms with E-state index in [1.807, 2.05) is 12.3 Å². The number of pyridine rings is 1. The summed E-state index contributed by atoms with van der Waals surface area (Å²) < 4.78 is 0. The Morgan fingerprint density at radius 2 is 2.14 bits per heavy atom. The normalized spacial score (nSPS) is 15.9. The summed E-state index contributed by atoms with van der Waals surface area (Å²) in [5.74, 6) is 1.15. The van der Waals surface area contributed by atoms with E-state index in [0.717, 1.165) is 24.5 Å². The number of aryl methyl sites for hydroxylation is 1. The van der Waals surface area contributed by atoms with E-state index in [2.05, 4.69) is 29.5 Å². The van der Waals surface area contributed by atoms with Crippen LogP contribution < -0.4 is 4.90 Å². The molecule has 0 aliphatic carbocycles. The van der Waals surface area contributed by atoms with Crippen molar-refractivity contribution in [2.75, 3.05) is 18.0 Å². The van der Waals surface area contributed by atoms with Gasteiger partial charge in [-0.2, -0.15) is 0 Å². The quantitative estimate of drug-likeness (QED) is 0.709. The Balaban J connectivity index is 2.29. The molecule has 1 saturated heterocycles. The summed E-state index contributed by atoms with van der Waals surface area (Å²) in [6, 6.07) is 2.15. The maximum Gasteiger partial charge on any atom is 0.131 e. The highest BCUT2D eigenvalue weighted by atomic mass is 15.2. The van der Waals surface area contributed by atoms with Gasteiger partial charge in [0.1, 0.15) is 5.82 Å². The standard InChI is InChI=1S/C12H16N2/c1-3-11-8-10(2)12(13-9-11)14-6-4-5-7-14/h3,8-9H,1,4-7H2,2H3.